The van der Waals surface area contributed by atoms with Crippen molar-refractivity contribution in [2.75, 3.05) is 18.2 Å². The first-order valence-corrected chi connectivity index (χ1v) is 10.0. The first-order valence-electron chi connectivity index (χ1n) is 10.0. The summed E-state index contributed by atoms with van der Waals surface area (Å²) in [6, 6.07) is 13.6. The number of carbonyl (C=O) groups is 2. The van der Waals surface area contributed by atoms with Crippen molar-refractivity contribution < 1.29 is 19.1 Å². The molecule has 1 saturated heterocycles. The lowest BCUT2D eigenvalue weighted by molar-refractivity contribution is -0.126. The quantitative estimate of drug-likeness (QED) is 0.838. The van der Waals surface area contributed by atoms with Crippen LogP contribution < -0.4 is 19.7 Å². The van der Waals surface area contributed by atoms with Crippen molar-refractivity contribution in [3.8, 4) is 11.5 Å². The number of fused-ring (bicyclic) bond motifs is 1. The number of hydrogen-bond donors (Lipinski definition) is 1. The van der Waals surface area contributed by atoms with Crippen LogP contribution in [0.4, 0.5) is 5.69 Å². The van der Waals surface area contributed by atoms with E-state index in [4.69, 9.17) is 9.47 Å². The summed E-state index contributed by atoms with van der Waals surface area (Å²) in [7, 11) is 0. The van der Waals surface area contributed by atoms with Crippen molar-refractivity contribution in [2.24, 2.45) is 5.92 Å². The van der Waals surface area contributed by atoms with Crippen LogP contribution in [0.25, 0.3) is 0 Å². The minimum absolute atomic E-state index is 0.0574. The number of anilines is 1. The summed E-state index contributed by atoms with van der Waals surface area (Å²) in [5.74, 6) is 1.25. The van der Waals surface area contributed by atoms with Crippen molar-refractivity contribution in [1.29, 1.82) is 0 Å². The highest BCUT2D eigenvalue weighted by Gasteiger charge is 2.36. The number of hydrogen-bond acceptors (Lipinski definition) is 4. The molecule has 1 N–H and O–H groups in total. The Labute approximate surface area is 170 Å². The normalized spacial score (nSPS) is 19.0. The summed E-state index contributed by atoms with van der Waals surface area (Å²) in [5, 5.41) is 3.06. The van der Waals surface area contributed by atoms with Gasteiger partial charge in [-0.25, -0.2) is 0 Å². The highest BCUT2D eigenvalue weighted by Crippen LogP contribution is 2.37. The van der Waals surface area contributed by atoms with Crippen molar-refractivity contribution in [3.05, 3.63) is 53.6 Å². The van der Waals surface area contributed by atoms with Crippen molar-refractivity contribution in [2.45, 2.75) is 39.2 Å². The van der Waals surface area contributed by atoms with Crippen molar-refractivity contribution >= 4 is 17.5 Å². The largest absolute Gasteiger partial charge is 0.454 e. The van der Waals surface area contributed by atoms with E-state index >= 15 is 0 Å². The molecule has 1 fully saturated rings. The lowest BCUT2D eigenvalue weighted by atomic mass is 9.99. The lowest BCUT2D eigenvalue weighted by Crippen LogP contribution is -2.34. The van der Waals surface area contributed by atoms with Gasteiger partial charge in [-0.15, -0.1) is 0 Å². The third-order valence-corrected chi connectivity index (χ3v) is 5.63. The van der Waals surface area contributed by atoms with Crippen LogP contribution in [-0.4, -0.2) is 25.2 Å². The average Bonchev–Trinajstić information content (AvgIpc) is 3.33. The molecule has 0 saturated carbocycles. The van der Waals surface area contributed by atoms with Gasteiger partial charge in [0.2, 0.25) is 18.6 Å². The Morgan fingerprint density at radius 3 is 2.45 bits per heavy atom. The van der Waals surface area contributed by atoms with Gasteiger partial charge in [-0.3, -0.25) is 9.59 Å². The first kappa shape index (κ1) is 19.3. The van der Waals surface area contributed by atoms with Crippen LogP contribution >= 0.6 is 0 Å². The fourth-order valence-corrected chi connectivity index (χ4v) is 3.77. The number of carbonyl (C=O) groups excluding carboxylic acids is 2. The summed E-state index contributed by atoms with van der Waals surface area (Å²) in [6.07, 6.45) is 0.208. The summed E-state index contributed by atoms with van der Waals surface area (Å²) < 4.78 is 10.7. The Hall–Kier alpha value is -3.02. The number of nitrogens with zero attached hydrogens (tertiary/aromatic N) is 1. The van der Waals surface area contributed by atoms with Crippen LogP contribution in [0.15, 0.2) is 42.5 Å². The van der Waals surface area contributed by atoms with E-state index in [0.717, 1.165) is 11.3 Å². The Kier molecular flexibility index (Phi) is 5.18. The van der Waals surface area contributed by atoms with E-state index in [1.54, 1.807) is 17.0 Å². The monoisotopic (exact) mass is 394 g/mol. The van der Waals surface area contributed by atoms with Gasteiger partial charge in [0.1, 0.15) is 0 Å². The van der Waals surface area contributed by atoms with E-state index in [-0.39, 0.29) is 37.0 Å². The van der Waals surface area contributed by atoms with Crippen LogP contribution in [0.5, 0.6) is 11.5 Å². The van der Waals surface area contributed by atoms with Crippen LogP contribution in [0.1, 0.15) is 50.3 Å². The number of ether oxygens (including phenoxy) is 2. The molecule has 0 bridgehead atoms. The van der Waals surface area contributed by atoms with Gasteiger partial charge in [0, 0.05) is 24.7 Å². The number of rotatable bonds is 5. The van der Waals surface area contributed by atoms with Gasteiger partial charge >= 0.3 is 0 Å². The minimum atomic E-state index is -0.370. The molecule has 152 valence electrons. The van der Waals surface area contributed by atoms with E-state index in [2.05, 4.69) is 43.4 Å². The van der Waals surface area contributed by atoms with Gasteiger partial charge in [-0.05, 0) is 36.1 Å². The zero-order chi connectivity index (χ0) is 20.5. The maximum Gasteiger partial charge on any atom is 0.231 e. The van der Waals surface area contributed by atoms with Crippen LogP contribution in [-0.2, 0) is 9.59 Å². The molecule has 2 aliphatic rings. The van der Waals surface area contributed by atoms with Crippen LogP contribution in [0, 0.1) is 5.92 Å². The average molecular weight is 394 g/mol. The van der Waals surface area contributed by atoms with E-state index in [9.17, 15) is 9.59 Å². The van der Waals surface area contributed by atoms with Gasteiger partial charge in [0.05, 0.1) is 12.0 Å². The predicted molar refractivity (Wildman–Crippen MR) is 110 cm³/mol. The molecular weight excluding hydrogens is 368 g/mol. The molecule has 0 spiro atoms. The third-order valence-electron chi connectivity index (χ3n) is 5.63. The standard InChI is InChI=1S/C23H26N2O4/c1-14(2)16-4-6-17(7-5-16)15(3)24-23(27)18-10-22(26)25(12-18)19-8-9-20-21(11-19)29-13-28-20/h4-9,11,14-15,18H,10,12-13H2,1-3H3,(H,24,27). The minimum Gasteiger partial charge on any atom is -0.454 e. The molecule has 2 aromatic carbocycles. The zero-order valence-electron chi connectivity index (χ0n) is 17.0. The Morgan fingerprint density at radius 2 is 1.72 bits per heavy atom. The highest BCUT2D eigenvalue weighted by atomic mass is 16.7. The molecule has 2 aromatic rings. The second-order valence-corrected chi connectivity index (χ2v) is 7.99. The second-order valence-electron chi connectivity index (χ2n) is 7.99. The molecule has 0 aliphatic carbocycles. The molecule has 29 heavy (non-hydrogen) atoms. The topological polar surface area (TPSA) is 67.9 Å². The highest BCUT2D eigenvalue weighted by molar-refractivity contribution is 6.00. The Balaban J connectivity index is 1.40. The van der Waals surface area contributed by atoms with E-state index in [0.29, 0.717) is 24.0 Å². The number of amides is 2. The van der Waals surface area contributed by atoms with Gasteiger partial charge < -0.3 is 19.7 Å². The van der Waals surface area contributed by atoms with E-state index < -0.39 is 0 Å². The summed E-state index contributed by atoms with van der Waals surface area (Å²) in [4.78, 5) is 26.9. The Bertz CT molecular complexity index is 923. The molecule has 0 radical (unpaired) electrons. The molecule has 6 nitrogen and oxygen atoms in total. The number of benzene rings is 2. The van der Waals surface area contributed by atoms with E-state index in [1.165, 1.54) is 5.56 Å². The Morgan fingerprint density at radius 1 is 1.03 bits per heavy atom. The summed E-state index contributed by atoms with van der Waals surface area (Å²) in [6.45, 7) is 6.83. The third kappa shape index (κ3) is 3.92. The molecular formula is C23H26N2O4. The fourth-order valence-electron chi connectivity index (χ4n) is 3.77. The van der Waals surface area contributed by atoms with Gasteiger partial charge in [0.15, 0.2) is 11.5 Å². The summed E-state index contributed by atoms with van der Waals surface area (Å²) >= 11 is 0. The molecule has 2 heterocycles. The molecule has 0 aromatic heterocycles. The number of nitrogens with one attached hydrogen (secondary N) is 1. The maximum absolute atomic E-state index is 12.8. The summed E-state index contributed by atoms with van der Waals surface area (Å²) in [5.41, 5.74) is 3.06. The molecule has 4 rings (SSSR count). The molecule has 2 unspecified atom stereocenters. The fraction of sp³-hybridized carbons (Fsp3) is 0.391. The second kappa shape index (κ2) is 7.78. The predicted octanol–water partition coefficient (Wildman–Crippen LogP) is 3.77. The van der Waals surface area contributed by atoms with Crippen molar-refractivity contribution in [1.82, 2.24) is 5.32 Å². The molecule has 2 atom stereocenters. The van der Waals surface area contributed by atoms with Gasteiger partial charge in [-0.2, -0.15) is 0 Å². The SMILES string of the molecule is CC(C)c1ccc(C(C)NC(=O)C2CC(=O)N(c3ccc4c(c3)OCO4)C2)cc1. The van der Waals surface area contributed by atoms with E-state index in [1.807, 2.05) is 13.0 Å². The lowest BCUT2D eigenvalue weighted by Gasteiger charge is -2.19. The van der Waals surface area contributed by atoms with Crippen LogP contribution in [0.2, 0.25) is 0 Å². The first-order chi connectivity index (χ1) is 13.9. The smallest absolute Gasteiger partial charge is 0.231 e. The van der Waals surface area contributed by atoms with Gasteiger partial charge in [0.25, 0.3) is 0 Å². The zero-order valence-corrected chi connectivity index (χ0v) is 17.0. The molecule has 6 heteroatoms. The van der Waals surface area contributed by atoms with Crippen molar-refractivity contribution in [3.63, 3.8) is 0 Å². The molecule has 2 aliphatic heterocycles. The maximum atomic E-state index is 12.8. The molecule has 2 amide bonds. The van der Waals surface area contributed by atoms with Gasteiger partial charge in [-0.1, -0.05) is 38.1 Å². The van der Waals surface area contributed by atoms with Crippen LogP contribution in [0.3, 0.4) is 0 Å².